The Balaban J connectivity index is 1.86. The van der Waals surface area contributed by atoms with Crippen LogP contribution in [0.25, 0.3) is 33.7 Å². The van der Waals surface area contributed by atoms with Gasteiger partial charge in [-0.05, 0) is 42.5 Å². The molecule has 2 aromatic heterocycles. The van der Waals surface area contributed by atoms with Gasteiger partial charge < -0.3 is 13.7 Å². The summed E-state index contributed by atoms with van der Waals surface area (Å²) in [7, 11) is 1.58. The van der Waals surface area contributed by atoms with Gasteiger partial charge in [0, 0.05) is 17.9 Å². The molecule has 4 aromatic rings. The van der Waals surface area contributed by atoms with E-state index in [-0.39, 0.29) is 5.82 Å². The van der Waals surface area contributed by atoms with Crippen molar-refractivity contribution < 1.29 is 18.1 Å². The van der Waals surface area contributed by atoms with Crippen molar-refractivity contribution in [1.82, 2.24) is 10.1 Å². The highest BCUT2D eigenvalue weighted by molar-refractivity contribution is 5.89. The molecule has 0 N–H and O–H groups in total. The molecule has 2 aromatic carbocycles. The summed E-state index contributed by atoms with van der Waals surface area (Å²) in [5, 5.41) is 4.80. The number of aryl methyl sites for hydroxylation is 1. The molecule has 0 aliphatic carbocycles. The van der Waals surface area contributed by atoms with Crippen LogP contribution in [0, 0.1) is 12.7 Å². The lowest BCUT2D eigenvalue weighted by Gasteiger charge is -2.04. The Morgan fingerprint density at radius 2 is 1.88 bits per heavy atom. The Morgan fingerprint density at radius 3 is 2.54 bits per heavy atom. The Bertz CT molecular complexity index is 1020. The van der Waals surface area contributed by atoms with Gasteiger partial charge in [-0.25, -0.2) is 4.39 Å². The van der Waals surface area contributed by atoms with Gasteiger partial charge in [0.05, 0.1) is 12.7 Å². The highest BCUT2D eigenvalue weighted by Gasteiger charge is 2.16. The van der Waals surface area contributed by atoms with Crippen LogP contribution < -0.4 is 4.74 Å². The summed E-state index contributed by atoms with van der Waals surface area (Å²) < 4.78 is 29.4. The molecule has 6 heteroatoms. The molecule has 0 unspecified atom stereocenters. The number of halogens is 1. The zero-order valence-electron chi connectivity index (χ0n) is 13.0. The largest absolute Gasteiger partial charge is 0.496 e. The summed E-state index contributed by atoms with van der Waals surface area (Å²) in [4.78, 5) is 4.23. The molecule has 0 spiro atoms. The molecule has 4 rings (SSSR count). The average Bonchev–Trinajstić information content (AvgIpc) is 3.19. The first-order valence-corrected chi connectivity index (χ1v) is 7.32. The number of aromatic nitrogens is 2. The number of fused-ring (bicyclic) bond motifs is 1. The number of furan rings is 1. The fraction of sp³-hybridized carbons (Fsp3) is 0.111. The molecule has 0 atom stereocenters. The van der Waals surface area contributed by atoms with Gasteiger partial charge in [-0.1, -0.05) is 5.16 Å². The second-order valence-corrected chi connectivity index (χ2v) is 5.34. The maximum atomic E-state index is 13.1. The fourth-order valence-corrected chi connectivity index (χ4v) is 2.57. The molecule has 0 amide bonds. The Labute approximate surface area is 136 Å². The van der Waals surface area contributed by atoms with Crippen LogP contribution in [-0.4, -0.2) is 17.3 Å². The maximum absolute atomic E-state index is 13.1. The zero-order chi connectivity index (χ0) is 16.7. The summed E-state index contributed by atoms with van der Waals surface area (Å²) >= 11 is 0. The number of hydrogen-bond acceptors (Lipinski definition) is 5. The molecule has 0 radical (unpaired) electrons. The lowest BCUT2D eigenvalue weighted by Crippen LogP contribution is -1.89. The zero-order valence-corrected chi connectivity index (χ0v) is 13.0. The van der Waals surface area contributed by atoms with E-state index < -0.39 is 0 Å². The van der Waals surface area contributed by atoms with Gasteiger partial charge in [-0.15, -0.1) is 0 Å². The van der Waals surface area contributed by atoms with Crippen molar-refractivity contribution in [3.8, 4) is 28.5 Å². The third kappa shape index (κ3) is 2.42. The molecule has 0 saturated heterocycles. The molecule has 0 aliphatic rings. The maximum Gasteiger partial charge on any atom is 0.223 e. The first kappa shape index (κ1) is 14.4. The van der Waals surface area contributed by atoms with Gasteiger partial charge in [0.25, 0.3) is 0 Å². The standard InChI is InChI=1S/C18H13FN2O3/c1-10-20-18(21-24-10)14-9-16-12(8-17(14)22-2)7-15(23-16)11-3-5-13(19)6-4-11/h3-9H,1-2H3. The van der Waals surface area contributed by atoms with Crippen LogP contribution in [0.5, 0.6) is 5.75 Å². The van der Waals surface area contributed by atoms with E-state index >= 15 is 0 Å². The molecule has 24 heavy (non-hydrogen) atoms. The molecule has 0 fully saturated rings. The number of ether oxygens (including phenoxy) is 1. The minimum Gasteiger partial charge on any atom is -0.496 e. The van der Waals surface area contributed by atoms with Gasteiger partial charge in [-0.3, -0.25) is 0 Å². The van der Waals surface area contributed by atoms with E-state index in [1.54, 1.807) is 26.2 Å². The highest BCUT2D eigenvalue weighted by atomic mass is 19.1. The monoisotopic (exact) mass is 324 g/mol. The number of benzene rings is 2. The topological polar surface area (TPSA) is 61.3 Å². The van der Waals surface area contributed by atoms with Crippen molar-refractivity contribution in [3.05, 3.63) is 54.2 Å². The second kappa shape index (κ2) is 5.49. The van der Waals surface area contributed by atoms with E-state index in [9.17, 15) is 4.39 Å². The van der Waals surface area contributed by atoms with Gasteiger partial charge in [0.15, 0.2) is 0 Å². The number of methoxy groups -OCH3 is 1. The van der Waals surface area contributed by atoms with Gasteiger partial charge in [-0.2, -0.15) is 4.98 Å². The minimum absolute atomic E-state index is 0.286. The smallest absolute Gasteiger partial charge is 0.223 e. The quantitative estimate of drug-likeness (QED) is 0.551. The van der Waals surface area contributed by atoms with Crippen LogP contribution in [0.3, 0.4) is 0 Å². The van der Waals surface area contributed by atoms with Crippen molar-refractivity contribution in [3.63, 3.8) is 0 Å². The molecular weight excluding hydrogens is 311 g/mol. The van der Waals surface area contributed by atoms with Crippen molar-refractivity contribution in [2.45, 2.75) is 6.92 Å². The third-order valence-electron chi connectivity index (χ3n) is 3.74. The predicted octanol–water partition coefficient (Wildman–Crippen LogP) is 4.61. The summed E-state index contributed by atoms with van der Waals surface area (Å²) in [6.45, 7) is 1.72. The van der Waals surface area contributed by atoms with Crippen LogP contribution >= 0.6 is 0 Å². The molecule has 120 valence electrons. The number of hydrogen-bond donors (Lipinski definition) is 0. The first-order chi connectivity index (χ1) is 11.6. The summed E-state index contributed by atoms with van der Waals surface area (Å²) in [5.74, 6) is 1.89. The van der Waals surface area contributed by atoms with Crippen LogP contribution in [0.15, 0.2) is 51.4 Å². The first-order valence-electron chi connectivity index (χ1n) is 7.32. The van der Waals surface area contributed by atoms with E-state index in [0.717, 1.165) is 10.9 Å². The minimum atomic E-state index is -0.286. The van der Waals surface area contributed by atoms with E-state index in [2.05, 4.69) is 10.1 Å². The van der Waals surface area contributed by atoms with Crippen LogP contribution in [0.1, 0.15) is 5.89 Å². The normalized spacial score (nSPS) is 11.1. The summed E-state index contributed by atoms with van der Waals surface area (Å²) in [6.07, 6.45) is 0. The van der Waals surface area contributed by atoms with E-state index in [4.69, 9.17) is 13.7 Å². The van der Waals surface area contributed by atoms with E-state index in [1.807, 2.05) is 18.2 Å². The molecule has 0 bridgehead atoms. The Kier molecular flexibility index (Phi) is 3.30. The number of nitrogens with zero attached hydrogens (tertiary/aromatic N) is 2. The summed E-state index contributed by atoms with van der Waals surface area (Å²) in [6, 6.07) is 11.7. The molecule has 5 nitrogen and oxygen atoms in total. The predicted molar refractivity (Wildman–Crippen MR) is 86.2 cm³/mol. The van der Waals surface area contributed by atoms with Crippen molar-refractivity contribution in [1.29, 1.82) is 0 Å². The lowest BCUT2D eigenvalue weighted by atomic mass is 10.1. The van der Waals surface area contributed by atoms with Crippen molar-refractivity contribution >= 4 is 11.0 Å². The lowest BCUT2D eigenvalue weighted by molar-refractivity contribution is 0.393. The Hall–Kier alpha value is -3.15. The SMILES string of the molecule is COc1cc2cc(-c3ccc(F)cc3)oc2cc1-c1noc(C)n1. The second-order valence-electron chi connectivity index (χ2n) is 5.34. The van der Waals surface area contributed by atoms with Gasteiger partial charge >= 0.3 is 0 Å². The van der Waals surface area contributed by atoms with Crippen LogP contribution in [0.4, 0.5) is 4.39 Å². The van der Waals surface area contributed by atoms with E-state index in [0.29, 0.717) is 34.4 Å². The number of rotatable bonds is 3. The Morgan fingerprint density at radius 1 is 1.08 bits per heavy atom. The highest BCUT2D eigenvalue weighted by Crippen LogP contribution is 2.36. The van der Waals surface area contributed by atoms with Gasteiger partial charge in [0.2, 0.25) is 11.7 Å². The molecule has 2 heterocycles. The van der Waals surface area contributed by atoms with E-state index in [1.165, 1.54) is 12.1 Å². The fourth-order valence-electron chi connectivity index (χ4n) is 2.57. The summed E-state index contributed by atoms with van der Waals surface area (Å²) in [5.41, 5.74) is 2.14. The van der Waals surface area contributed by atoms with Crippen LogP contribution in [-0.2, 0) is 0 Å². The molecular formula is C18H13FN2O3. The molecule has 0 aliphatic heterocycles. The molecule has 0 saturated carbocycles. The average molecular weight is 324 g/mol. The van der Waals surface area contributed by atoms with Crippen molar-refractivity contribution in [2.75, 3.05) is 7.11 Å². The van der Waals surface area contributed by atoms with Crippen LogP contribution in [0.2, 0.25) is 0 Å². The third-order valence-corrected chi connectivity index (χ3v) is 3.74. The van der Waals surface area contributed by atoms with Crippen molar-refractivity contribution in [2.24, 2.45) is 0 Å². The van der Waals surface area contributed by atoms with Gasteiger partial charge in [0.1, 0.15) is 22.9 Å².